The number of anilines is 1. The van der Waals surface area contributed by atoms with Crippen LogP contribution in [0.15, 0.2) is 12.3 Å². The van der Waals surface area contributed by atoms with Crippen LogP contribution in [-0.4, -0.2) is 34.7 Å². The van der Waals surface area contributed by atoms with Crippen LogP contribution in [0.3, 0.4) is 0 Å². The highest BCUT2D eigenvalue weighted by atomic mass is 35.5. The lowest BCUT2D eigenvalue weighted by atomic mass is 9.91. The van der Waals surface area contributed by atoms with Crippen LogP contribution in [0.4, 0.5) is 5.82 Å². The summed E-state index contributed by atoms with van der Waals surface area (Å²) in [6.45, 7) is 0.590. The van der Waals surface area contributed by atoms with Gasteiger partial charge in [0.25, 0.3) is 0 Å². The Balaban J connectivity index is 2.13. The summed E-state index contributed by atoms with van der Waals surface area (Å²) in [5, 5.41) is 18.7. The second-order valence-electron chi connectivity index (χ2n) is 4.31. The SMILES string of the molecule is N#CCC1(O)CN(c2ncc(C(N)=O)cc2Cl)C1. The summed E-state index contributed by atoms with van der Waals surface area (Å²) in [7, 11) is 0. The van der Waals surface area contributed by atoms with Crippen LogP contribution in [0.2, 0.25) is 5.02 Å². The van der Waals surface area contributed by atoms with Crippen molar-refractivity contribution in [2.75, 3.05) is 18.0 Å². The molecule has 18 heavy (non-hydrogen) atoms. The number of primary amides is 1. The van der Waals surface area contributed by atoms with Gasteiger partial charge < -0.3 is 15.7 Å². The van der Waals surface area contributed by atoms with E-state index in [4.69, 9.17) is 22.6 Å². The first-order chi connectivity index (χ1) is 8.45. The second kappa shape index (κ2) is 4.44. The van der Waals surface area contributed by atoms with Crippen molar-refractivity contribution in [3.05, 3.63) is 22.8 Å². The molecule has 1 aliphatic rings. The standard InChI is InChI=1S/C11H11ClN4O2/c12-8-3-7(9(14)17)4-15-10(8)16-5-11(18,6-16)1-2-13/h3-4,18H,1,5-6H2,(H2,14,17). The molecule has 1 amide bonds. The first-order valence-corrected chi connectivity index (χ1v) is 5.63. The van der Waals surface area contributed by atoms with Gasteiger partial charge in [0.2, 0.25) is 5.91 Å². The summed E-state index contributed by atoms with van der Waals surface area (Å²) in [6.07, 6.45) is 1.41. The molecule has 3 N–H and O–H groups in total. The highest BCUT2D eigenvalue weighted by Crippen LogP contribution is 2.33. The zero-order chi connectivity index (χ0) is 13.3. The molecule has 0 saturated carbocycles. The third-order valence-corrected chi connectivity index (χ3v) is 3.06. The average molecular weight is 267 g/mol. The zero-order valence-electron chi connectivity index (χ0n) is 9.43. The van der Waals surface area contributed by atoms with Crippen LogP contribution in [-0.2, 0) is 0 Å². The number of hydrogen-bond acceptors (Lipinski definition) is 5. The number of amides is 1. The molecule has 0 aliphatic carbocycles. The molecule has 2 rings (SSSR count). The molecule has 94 valence electrons. The van der Waals surface area contributed by atoms with Crippen molar-refractivity contribution in [3.63, 3.8) is 0 Å². The van der Waals surface area contributed by atoms with E-state index in [2.05, 4.69) is 4.98 Å². The van der Waals surface area contributed by atoms with Gasteiger partial charge in [0.05, 0.1) is 36.2 Å². The Kier molecular flexibility index (Phi) is 3.11. The van der Waals surface area contributed by atoms with Gasteiger partial charge in [-0.1, -0.05) is 11.6 Å². The van der Waals surface area contributed by atoms with Gasteiger partial charge in [-0.2, -0.15) is 5.26 Å². The summed E-state index contributed by atoms with van der Waals surface area (Å²) in [5.74, 6) is -0.121. The molecule has 0 bridgehead atoms. The second-order valence-corrected chi connectivity index (χ2v) is 4.72. The first kappa shape index (κ1) is 12.6. The predicted molar refractivity (Wildman–Crippen MR) is 65.2 cm³/mol. The topological polar surface area (TPSA) is 103 Å². The number of aromatic nitrogens is 1. The lowest BCUT2D eigenvalue weighted by Gasteiger charge is -2.46. The van der Waals surface area contributed by atoms with Gasteiger partial charge in [-0.05, 0) is 6.07 Å². The van der Waals surface area contributed by atoms with Crippen LogP contribution < -0.4 is 10.6 Å². The number of β-amino-alcohol motifs (C(OH)–C–C–N with tert-alkyl or cyclic N) is 1. The Hall–Kier alpha value is -1.84. The van der Waals surface area contributed by atoms with E-state index >= 15 is 0 Å². The van der Waals surface area contributed by atoms with Crippen LogP contribution in [0.25, 0.3) is 0 Å². The zero-order valence-corrected chi connectivity index (χ0v) is 10.2. The van der Waals surface area contributed by atoms with Gasteiger partial charge in [-0.25, -0.2) is 4.98 Å². The molecule has 2 heterocycles. The third kappa shape index (κ3) is 2.23. The summed E-state index contributed by atoms with van der Waals surface area (Å²) < 4.78 is 0. The van der Waals surface area contributed by atoms with E-state index in [0.29, 0.717) is 23.9 Å². The molecule has 7 heteroatoms. The van der Waals surface area contributed by atoms with Crippen LogP contribution >= 0.6 is 11.6 Å². The number of pyridine rings is 1. The number of carbonyl (C=O) groups is 1. The Morgan fingerprint density at radius 1 is 1.72 bits per heavy atom. The molecule has 0 atom stereocenters. The van der Waals surface area contributed by atoms with Crippen molar-refractivity contribution in [1.29, 1.82) is 5.26 Å². The van der Waals surface area contributed by atoms with E-state index in [1.807, 2.05) is 6.07 Å². The van der Waals surface area contributed by atoms with Crippen molar-refractivity contribution >= 4 is 23.3 Å². The maximum absolute atomic E-state index is 10.9. The molecule has 1 fully saturated rings. The Labute approximate surface area is 109 Å². The number of aliphatic hydroxyl groups is 1. The number of nitriles is 1. The lowest BCUT2D eigenvalue weighted by Crippen LogP contribution is -2.62. The van der Waals surface area contributed by atoms with Gasteiger partial charge in [-0.3, -0.25) is 4.79 Å². The van der Waals surface area contributed by atoms with Gasteiger partial charge in [0.1, 0.15) is 11.4 Å². The minimum absolute atomic E-state index is 0.0699. The number of hydrogen-bond donors (Lipinski definition) is 2. The molecule has 1 aliphatic heterocycles. The summed E-state index contributed by atoms with van der Waals surface area (Å²) >= 11 is 5.99. The third-order valence-electron chi connectivity index (χ3n) is 2.78. The monoisotopic (exact) mass is 266 g/mol. The summed E-state index contributed by atoms with van der Waals surface area (Å²) in [6, 6.07) is 3.37. The molecule has 6 nitrogen and oxygen atoms in total. The van der Waals surface area contributed by atoms with Gasteiger partial charge in [0.15, 0.2) is 0 Å². The minimum atomic E-state index is -0.998. The minimum Gasteiger partial charge on any atom is -0.385 e. The maximum Gasteiger partial charge on any atom is 0.250 e. The molecule has 0 unspecified atom stereocenters. The largest absolute Gasteiger partial charge is 0.385 e. The molecule has 0 spiro atoms. The van der Waals surface area contributed by atoms with Gasteiger partial charge in [-0.15, -0.1) is 0 Å². The normalized spacial score (nSPS) is 16.8. The fraction of sp³-hybridized carbons (Fsp3) is 0.364. The van der Waals surface area contributed by atoms with Crippen molar-refractivity contribution in [2.24, 2.45) is 5.73 Å². The van der Waals surface area contributed by atoms with E-state index in [-0.39, 0.29) is 12.0 Å². The number of nitrogens with two attached hydrogens (primary N) is 1. The number of halogens is 1. The Morgan fingerprint density at radius 3 is 2.89 bits per heavy atom. The fourth-order valence-corrected chi connectivity index (χ4v) is 2.16. The molecule has 1 saturated heterocycles. The lowest BCUT2D eigenvalue weighted by molar-refractivity contribution is 0.0162. The molecular weight excluding hydrogens is 256 g/mol. The van der Waals surface area contributed by atoms with Crippen molar-refractivity contribution < 1.29 is 9.90 Å². The van der Waals surface area contributed by atoms with Crippen LogP contribution in [0, 0.1) is 11.3 Å². The van der Waals surface area contributed by atoms with Crippen molar-refractivity contribution in [1.82, 2.24) is 4.98 Å². The summed E-state index contributed by atoms with van der Waals surface area (Å²) in [4.78, 5) is 16.7. The average Bonchev–Trinajstić information content (AvgIpc) is 2.26. The molecule has 1 aromatic rings. The molecule has 0 aromatic carbocycles. The number of rotatable bonds is 3. The highest BCUT2D eigenvalue weighted by Gasteiger charge is 2.42. The van der Waals surface area contributed by atoms with E-state index in [1.165, 1.54) is 12.3 Å². The molecule has 0 radical (unpaired) electrons. The first-order valence-electron chi connectivity index (χ1n) is 5.25. The van der Waals surface area contributed by atoms with E-state index in [9.17, 15) is 9.90 Å². The highest BCUT2D eigenvalue weighted by molar-refractivity contribution is 6.33. The van der Waals surface area contributed by atoms with E-state index in [1.54, 1.807) is 4.90 Å². The Morgan fingerprint density at radius 2 is 2.39 bits per heavy atom. The molecule has 1 aromatic heterocycles. The van der Waals surface area contributed by atoms with Crippen LogP contribution in [0.1, 0.15) is 16.8 Å². The van der Waals surface area contributed by atoms with E-state index in [0.717, 1.165) is 0 Å². The fourth-order valence-electron chi connectivity index (χ4n) is 1.87. The number of carbonyl (C=O) groups excluding carboxylic acids is 1. The van der Waals surface area contributed by atoms with Crippen LogP contribution in [0.5, 0.6) is 0 Å². The van der Waals surface area contributed by atoms with Gasteiger partial charge in [0, 0.05) is 6.20 Å². The number of nitrogens with zero attached hydrogens (tertiary/aromatic N) is 3. The summed E-state index contributed by atoms with van der Waals surface area (Å²) in [5.41, 5.74) is 4.35. The van der Waals surface area contributed by atoms with Gasteiger partial charge >= 0.3 is 0 Å². The predicted octanol–water partition coefficient (Wildman–Crippen LogP) is 0.299. The smallest absolute Gasteiger partial charge is 0.250 e. The van der Waals surface area contributed by atoms with E-state index < -0.39 is 11.5 Å². The van der Waals surface area contributed by atoms with Crippen molar-refractivity contribution in [2.45, 2.75) is 12.0 Å². The Bertz CT molecular complexity index is 534. The quantitative estimate of drug-likeness (QED) is 0.819. The molecular formula is C11H11ClN4O2. The van der Waals surface area contributed by atoms with Crippen molar-refractivity contribution in [3.8, 4) is 6.07 Å². The maximum atomic E-state index is 10.9.